The molecular formula is C21H21N3O2S2. The van der Waals surface area contributed by atoms with E-state index >= 15 is 0 Å². The van der Waals surface area contributed by atoms with E-state index in [1.54, 1.807) is 11.3 Å². The summed E-state index contributed by atoms with van der Waals surface area (Å²) in [7, 11) is 0. The number of anilines is 1. The number of piperidine rings is 1. The number of hydrogen-bond donors (Lipinski definition) is 1. The van der Waals surface area contributed by atoms with Crippen molar-refractivity contribution in [1.29, 1.82) is 0 Å². The lowest BCUT2D eigenvalue weighted by Gasteiger charge is -2.31. The number of carbonyl (C=O) groups is 2. The van der Waals surface area contributed by atoms with Gasteiger partial charge in [0.2, 0.25) is 5.91 Å². The largest absolute Gasteiger partial charge is 0.338 e. The third kappa shape index (κ3) is 4.15. The number of benzene rings is 1. The number of amides is 2. The van der Waals surface area contributed by atoms with Crippen LogP contribution in [0.3, 0.4) is 0 Å². The smallest absolute Gasteiger partial charge is 0.263 e. The van der Waals surface area contributed by atoms with Crippen LogP contribution in [0.2, 0.25) is 0 Å². The lowest BCUT2D eigenvalue weighted by Crippen LogP contribution is -2.41. The Bertz CT molecular complexity index is 956. The minimum atomic E-state index is -0.0618. The number of aromatic nitrogens is 1. The Labute approximate surface area is 172 Å². The predicted octanol–water partition coefficient (Wildman–Crippen LogP) is 4.67. The van der Waals surface area contributed by atoms with Crippen molar-refractivity contribution in [2.75, 3.05) is 18.4 Å². The molecule has 0 aliphatic carbocycles. The maximum Gasteiger partial charge on any atom is 0.263 e. The highest BCUT2D eigenvalue weighted by molar-refractivity contribution is 7.12. The molecule has 2 amide bonds. The van der Waals surface area contributed by atoms with Crippen molar-refractivity contribution in [1.82, 2.24) is 9.88 Å². The molecule has 1 aliphatic heterocycles. The van der Waals surface area contributed by atoms with Gasteiger partial charge in [0.25, 0.3) is 5.91 Å². The molecule has 2 aromatic heterocycles. The summed E-state index contributed by atoms with van der Waals surface area (Å²) in [5.41, 5.74) is 2.80. The Morgan fingerprint density at radius 1 is 1.11 bits per heavy atom. The first-order valence-electron chi connectivity index (χ1n) is 9.26. The fourth-order valence-corrected chi connectivity index (χ4v) is 4.68. The molecule has 0 bridgehead atoms. The van der Waals surface area contributed by atoms with Gasteiger partial charge in [-0.2, -0.15) is 0 Å². The summed E-state index contributed by atoms with van der Waals surface area (Å²) in [6, 6.07) is 11.5. The number of likely N-dealkylation sites (tertiary alicyclic amines) is 1. The summed E-state index contributed by atoms with van der Waals surface area (Å²) in [6.07, 6.45) is 1.39. The lowest BCUT2D eigenvalue weighted by molar-refractivity contribution is -0.121. The second kappa shape index (κ2) is 8.24. The third-order valence-corrected chi connectivity index (χ3v) is 6.58. The molecule has 1 N–H and O–H groups in total. The zero-order valence-electron chi connectivity index (χ0n) is 15.6. The van der Waals surface area contributed by atoms with Crippen molar-refractivity contribution >= 4 is 40.2 Å². The number of rotatable bonds is 4. The number of nitrogens with zero attached hydrogens (tertiary/aromatic N) is 2. The number of thiophene rings is 1. The minimum absolute atomic E-state index is 0.0282. The van der Waals surface area contributed by atoms with E-state index in [1.807, 2.05) is 59.0 Å². The average molecular weight is 412 g/mol. The zero-order chi connectivity index (χ0) is 19.5. The number of carbonyl (C=O) groups excluding carboxylic acids is 2. The summed E-state index contributed by atoms with van der Waals surface area (Å²) in [5.74, 6) is 0.0375. The van der Waals surface area contributed by atoms with Gasteiger partial charge in [0.1, 0.15) is 0 Å². The summed E-state index contributed by atoms with van der Waals surface area (Å²) in [5, 5.41) is 7.99. The van der Waals surface area contributed by atoms with E-state index in [0.29, 0.717) is 25.9 Å². The van der Waals surface area contributed by atoms with Crippen LogP contribution in [0.15, 0.2) is 47.2 Å². The molecule has 1 saturated heterocycles. The standard InChI is InChI=1S/C21H21N3O2S2/c1-14-22-18(13-28-14)15-4-6-17(7-5-15)23-20(25)16-8-10-24(11-9-16)21(26)19-3-2-12-27-19/h2-7,12-13,16H,8-11H2,1H3,(H,23,25). The van der Waals surface area contributed by atoms with Crippen LogP contribution in [0.5, 0.6) is 0 Å². The van der Waals surface area contributed by atoms with Crippen molar-refractivity contribution in [3.63, 3.8) is 0 Å². The second-order valence-corrected chi connectivity index (χ2v) is 8.87. The van der Waals surface area contributed by atoms with E-state index in [-0.39, 0.29) is 17.7 Å². The number of aryl methyl sites for hydroxylation is 1. The molecular weight excluding hydrogens is 390 g/mol. The van der Waals surface area contributed by atoms with E-state index in [4.69, 9.17) is 0 Å². The highest BCUT2D eigenvalue weighted by atomic mass is 32.1. The number of thiazole rings is 1. The molecule has 1 fully saturated rings. The summed E-state index contributed by atoms with van der Waals surface area (Å²) < 4.78 is 0. The van der Waals surface area contributed by atoms with Gasteiger partial charge in [-0.3, -0.25) is 9.59 Å². The van der Waals surface area contributed by atoms with Crippen molar-refractivity contribution in [2.24, 2.45) is 5.92 Å². The van der Waals surface area contributed by atoms with Crippen molar-refractivity contribution in [3.8, 4) is 11.3 Å². The van der Waals surface area contributed by atoms with E-state index in [1.165, 1.54) is 11.3 Å². The molecule has 0 unspecified atom stereocenters. The van der Waals surface area contributed by atoms with Crippen LogP contribution in [-0.2, 0) is 4.79 Å². The normalized spacial score (nSPS) is 14.8. The van der Waals surface area contributed by atoms with E-state index < -0.39 is 0 Å². The summed E-state index contributed by atoms with van der Waals surface area (Å²) in [4.78, 5) is 32.1. The summed E-state index contributed by atoms with van der Waals surface area (Å²) in [6.45, 7) is 3.23. The van der Waals surface area contributed by atoms with Gasteiger partial charge < -0.3 is 10.2 Å². The first-order chi connectivity index (χ1) is 13.6. The fraction of sp³-hybridized carbons (Fsp3) is 0.286. The van der Waals surface area contributed by atoms with Crippen LogP contribution in [0.1, 0.15) is 27.5 Å². The van der Waals surface area contributed by atoms with Gasteiger partial charge in [-0.25, -0.2) is 4.98 Å². The molecule has 3 aromatic rings. The van der Waals surface area contributed by atoms with E-state index in [2.05, 4.69) is 10.3 Å². The van der Waals surface area contributed by atoms with Crippen LogP contribution in [0.25, 0.3) is 11.3 Å². The maximum absolute atomic E-state index is 12.6. The van der Waals surface area contributed by atoms with Crippen molar-refractivity contribution in [3.05, 3.63) is 57.0 Å². The monoisotopic (exact) mass is 411 g/mol. The predicted molar refractivity (Wildman–Crippen MR) is 114 cm³/mol. The van der Waals surface area contributed by atoms with Crippen molar-refractivity contribution < 1.29 is 9.59 Å². The van der Waals surface area contributed by atoms with Gasteiger partial charge >= 0.3 is 0 Å². The van der Waals surface area contributed by atoms with E-state index in [9.17, 15) is 9.59 Å². The van der Waals surface area contributed by atoms with Crippen molar-refractivity contribution in [2.45, 2.75) is 19.8 Å². The molecule has 144 valence electrons. The Morgan fingerprint density at radius 3 is 2.46 bits per heavy atom. The SMILES string of the molecule is Cc1nc(-c2ccc(NC(=O)C3CCN(C(=O)c4cccs4)CC3)cc2)cs1. The number of nitrogens with one attached hydrogen (secondary N) is 1. The second-order valence-electron chi connectivity index (χ2n) is 6.86. The molecule has 1 aliphatic rings. The van der Waals surface area contributed by atoms with Gasteiger partial charge in [0.05, 0.1) is 15.6 Å². The van der Waals surface area contributed by atoms with E-state index in [0.717, 1.165) is 26.8 Å². The molecule has 5 nitrogen and oxygen atoms in total. The Morgan fingerprint density at radius 2 is 1.86 bits per heavy atom. The zero-order valence-corrected chi connectivity index (χ0v) is 17.2. The fourth-order valence-electron chi connectivity index (χ4n) is 3.37. The molecule has 4 rings (SSSR count). The first-order valence-corrected chi connectivity index (χ1v) is 11.0. The van der Waals surface area contributed by atoms with Crippen LogP contribution in [-0.4, -0.2) is 34.8 Å². The first kappa shape index (κ1) is 18.8. The van der Waals surface area contributed by atoms with Crippen LogP contribution in [0.4, 0.5) is 5.69 Å². The molecule has 0 radical (unpaired) electrons. The maximum atomic E-state index is 12.6. The summed E-state index contributed by atoms with van der Waals surface area (Å²) >= 11 is 3.09. The van der Waals surface area contributed by atoms with Gasteiger partial charge in [0.15, 0.2) is 0 Å². The quantitative estimate of drug-likeness (QED) is 0.679. The molecule has 7 heteroatoms. The van der Waals surface area contributed by atoms with Crippen LogP contribution >= 0.6 is 22.7 Å². The highest BCUT2D eigenvalue weighted by Crippen LogP contribution is 2.25. The Hall–Kier alpha value is -2.51. The highest BCUT2D eigenvalue weighted by Gasteiger charge is 2.28. The molecule has 0 saturated carbocycles. The average Bonchev–Trinajstić information content (AvgIpc) is 3.40. The van der Waals surface area contributed by atoms with Gasteiger partial charge in [-0.05, 0) is 43.3 Å². The Balaban J connectivity index is 1.31. The molecule has 0 atom stereocenters. The third-order valence-electron chi connectivity index (χ3n) is 4.95. The van der Waals surface area contributed by atoms with Gasteiger partial charge in [-0.1, -0.05) is 18.2 Å². The van der Waals surface area contributed by atoms with Gasteiger partial charge in [0, 0.05) is 35.6 Å². The molecule has 1 aromatic carbocycles. The molecule has 0 spiro atoms. The topological polar surface area (TPSA) is 62.3 Å². The Kier molecular flexibility index (Phi) is 5.54. The van der Waals surface area contributed by atoms with Crippen LogP contribution in [0, 0.1) is 12.8 Å². The lowest BCUT2D eigenvalue weighted by atomic mass is 9.95. The molecule has 28 heavy (non-hydrogen) atoms. The molecule has 3 heterocycles. The van der Waals surface area contributed by atoms with Crippen LogP contribution < -0.4 is 5.32 Å². The minimum Gasteiger partial charge on any atom is -0.338 e. The number of hydrogen-bond acceptors (Lipinski definition) is 5. The van der Waals surface area contributed by atoms with Gasteiger partial charge in [-0.15, -0.1) is 22.7 Å².